The number of ether oxygens (including phenoxy) is 1. The topological polar surface area (TPSA) is 189 Å². The average Bonchev–Trinajstić information content (AvgIpc) is 1.60. The maximum atomic E-state index is 15.9. The molecule has 26 nitrogen and oxygen atoms in total. The molecule has 716 valence electrons. The van der Waals surface area contributed by atoms with Gasteiger partial charge in [0.25, 0.3) is 0 Å². The Balaban J connectivity index is 0.000000124. The number of nitrogens with zero attached hydrogens (tertiary/aromatic N) is 24. The molecule has 0 bridgehead atoms. The molecule has 0 amide bonds. The molecule has 36 heteroatoms. The molecule has 20 rings (SSSR count). The molecule has 12 aromatic rings. The normalized spacial score (nSPS) is 23.0. The molecule has 0 aliphatic carbocycles. The van der Waals surface area contributed by atoms with Crippen molar-refractivity contribution in [3.63, 3.8) is 0 Å². The number of likely N-dealkylation sites (N-methyl/N-ethyl adjacent to an activating group) is 4. The number of pyridine rings is 8. The quantitative estimate of drug-likeness (QED) is 0.0898. The van der Waals surface area contributed by atoms with Gasteiger partial charge in [0.05, 0.1) is 134 Å². The molecule has 12 aromatic heterocycles. The van der Waals surface area contributed by atoms with E-state index in [1.165, 1.54) is 30.3 Å². The molecule has 134 heavy (non-hydrogen) atoms. The van der Waals surface area contributed by atoms with Gasteiger partial charge in [-0.2, -0.15) is 30.7 Å². The van der Waals surface area contributed by atoms with Crippen molar-refractivity contribution in [3.8, 4) is 0 Å². The summed E-state index contributed by atoms with van der Waals surface area (Å²) in [6.07, 6.45) is 7.79. The Labute approximate surface area is 793 Å². The van der Waals surface area contributed by atoms with E-state index in [0.717, 1.165) is 249 Å². The summed E-state index contributed by atoms with van der Waals surface area (Å²) in [4.78, 5) is 64.4. The zero-order chi connectivity index (χ0) is 94.0. The van der Waals surface area contributed by atoms with E-state index in [1.807, 2.05) is 125 Å². The summed E-state index contributed by atoms with van der Waals surface area (Å²) < 4.78 is 112. The lowest BCUT2D eigenvalue weighted by molar-refractivity contribution is -0.140. The zero-order valence-electron chi connectivity index (χ0n) is 77.8. The number of fused-ring (bicyclic) bond motifs is 4. The van der Waals surface area contributed by atoms with E-state index in [4.69, 9.17) is 59.5 Å². The Morgan fingerprint density at radius 2 is 0.619 bits per heavy atom. The molecule has 0 unspecified atom stereocenters. The number of piperazine rings is 4. The summed E-state index contributed by atoms with van der Waals surface area (Å²) in [5, 5.41) is 12.4. The number of halogens is 10. The molecule has 0 radical (unpaired) electrons. The van der Waals surface area contributed by atoms with Crippen LogP contribution in [0.15, 0.2) is 146 Å². The number of rotatable bonds is 16. The van der Waals surface area contributed by atoms with Crippen molar-refractivity contribution in [2.75, 3.05) is 187 Å². The van der Waals surface area contributed by atoms with Crippen LogP contribution in [0.1, 0.15) is 200 Å². The number of imidazole rings is 4. The molecule has 8 saturated heterocycles. The molecule has 20 heterocycles. The van der Waals surface area contributed by atoms with E-state index in [1.54, 1.807) is 10.6 Å². The molecule has 8 fully saturated rings. The number of anilines is 4. The second-order valence-electron chi connectivity index (χ2n) is 36.9. The molecular formula is C98H122Cl3F7N24O2. The van der Waals surface area contributed by atoms with Crippen molar-refractivity contribution in [2.24, 2.45) is 0 Å². The maximum absolute atomic E-state index is 15.9. The third kappa shape index (κ3) is 20.0. The minimum Gasteiger partial charge on any atom is -0.390 e. The first kappa shape index (κ1) is 96.2. The monoisotopic (exact) mass is 1900 g/mol. The van der Waals surface area contributed by atoms with Crippen LogP contribution in [0.25, 0.3) is 22.6 Å². The van der Waals surface area contributed by atoms with E-state index in [0.29, 0.717) is 59.0 Å². The number of piperidine rings is 4. The SMILES string of the molecule is CCOCc1c([C@H]2CCC[C@@H](c3ncccc3Cl)N2C)nc2cccc(N3CCN(C)CC3)n12.CN1CCN(c2cccc3nc([C@H]4CCC[C@@H](c5ncccc5C(F)(F)F)N4C)c(CO)n23)CC1.CN1CCN(c2cccc3nc([C@H]4CCC[C@@H](c5ncccc5C(F)(F)F)N4C)c(Cl)n23)CC1.CN1CCN(c2cccc3nc([C@H]4CCC[C@@H](c5ncccc5Cl)N4C)c(F)n23)CC1. The van der Waals surface area contributed by atoms with E-state index in [2.05, 4.69) is 134 Å². The van der Waals surface area contributed by atoms with E-state index >= 15 is 4.39 Å². The third-order valence-electron chi connectivity index (χ3n) is 28.7. The van der Waals surface area contributed by atoms with Gasteiger partial charge in [-0.1, -0.05) is 59.1 Å². The first-order valence-corrected chi connectivity index (χ1v) is 48.2. The second-order valence-corrected chi connectivity index (χ2v) is 38.0. The number of alkyl halides is 6. The summed E-state index contributed by atoms with van der Waals surface area (Å²) in [5.41, 5.74) is 8.66. The van der Waals surface area contributed by atoms with Gasteiger partial charge in [-0.25, -0.2) is 19.9 Å². The van der Waals surface area contributed by atoms with Crippen molar-refractivity contribution in [1.82, 2.24) is 96.7 Å². The van der Waals surface area contributed by atoms with Gasteiger partial charge in [-0.3, -0.25) is 57.1 Å². The lowest BCUT2D eigenvalue weighted by atomic mass is 9.90. The van der Waals surface area contributed by atoms with Crippen molar-refractivity contribution < 1.29 is 40.6 Å². The van der Waals surface area contributed by atoms with Gasteiger partial charge < -0.3 is 49.0 Å². The maximum Gasteiger partial charge on any atom is 0.418 e. The fourth-order valence-corrected chi connectivity index (χ4v) is 22.1. The van der Waals surface area contributed by atoms with E-state index in [9.17, 15) is 31.4 Å². The molecular weight excluding hydrogens is 1780 g/mol. The lowest BCUT2D eigenvalue weighted by Gasteiger charge is -2.39. The van der Waals surface area contributed by atoms with Crippen LogP contribution in [-0.4, -0.2) is 269 Å². The largest absolute Gasteiger partial charge is 0.418 e. The van der Waals surface area contributed by atoms with Crippen LogP contribution >= 0.6 is 34.8 Å². The van der Waals surface area contributed by atoms with Crippen LogP contribution in [-0.2, 0) is 30.3 Å². The molecule has 8 atom stereocenters. The highest BCUT2D eigenvalue weighted by Crippen LogP contribution is 2.50. The minimum absolute atomic E-state index is 0.0498. The number of aliphatic hydroxyl groups is 1. The first-order chi connectivity index (χ1) is 64.7. The Morgan fingerprint density at radius 3 is 0.978 bits per heavy atom. The summed E-state index contributed by atoms with van der Waals surface area (Å²) >= 11 is 19.9. The molecule has 0 saturated carbocycles. The van der Waals surface area contributed by atoms with E-state index < -0.39 is 35.6 Å². The first-order valence-electron chi connectivity index (χ1n) is 47.1. The van der Waals surface area contributed by atoms with Crippen molar-refractivity contribution in [3.05, 3.63) is 235 Å². The van der Waals surface area contributed by atoms with Gasteiger partial charge in [0.2, 0.25) is 5.95 Å². The van der Waals surface area contributed by atoms with Gasteiger partial charge >= 0.3 is 12.4 Å². The summed E-state index contributed by atoms with van der Waals surface area (Å²) in [6.45, 7) is 18.3. The summed E-state index contributed by atoms with van der Waals surface area (Å²) in [6, 6.07) is 35.6. The van der Waals surface area contributed by atoms with Crippen LogP contribution in [0, 0.1) is 5.95 Å². The Kier molecular flexibility index (Phi) is 30.1. The Hall–Kier alpha value is -9.46. The van der Waals surface area contributed by atoms with Gasteiger partial charge in [-0.15, -0.1) is 0 Å². The van der Waals surface area contributed by atoms with Crippen LogP contribution < -0.4 is 19.6 Å². The van der Waals surface area contributed by atoms with E-state index in [-0.39, 0.29) is 60.2 Å². The standard InChI is InChI=1S/C26H35ClN6O.C25H31F3N6O.C24H28ClF3N6.C23H28ClFN6/c1-4-34-18-22-26(21-10-5-9-20(31(21)3)25-19(27)8-7-13-28-25)29-23-11-6-12-24(33(22)23)32-16-14-30(2)15-17-32;1-31-12-14-33(15-13-31)22-10-4-9-21-30-24(20(16-35)34(21)22)19-8-3-7-18(32(19)2)23-17(25(26,27)28)6-5-11-29-23;1-31-12-14-33(15-13-31)20-10-4-9-19-30-22(23(25)34(19)20)18-8-3-7-17(32(18)2)21-16(24(26,27)28)6-5-11-29-21;1-28-12-14-30(15-13-28)20-10-4-9-19-27-22(23(25)31(19)20)18-8-3-7-17(29(18)2)21-16(24)6-5-11-26-21/h6-8,11-13,20-21H,4-5,9-10,14-18H2,1-3H3;4-6,9-11,18-19,35H,3,7-8,12-16H2,1-2H3;4-6,9-11,17-18H,3,7-8,12-15H2,1-2H3;4-6,9-11,17-18H,3,7-8,12-15H2,1-2H3/t20-,21+;18-,19+;2*17-,18+/m0000/s1. The molecule has 8 aliphatic rings. The predicted octanol–water partition coefficient (Wildman–Crippen LogP) is 17.7. The number of aliphatic hydroxyl groups excluding tert-OH is 1. The number of likely N-dealkylation sites (tertiary alicyclic amines) is 4. The van der Waals surface area contributed by atoms with Gasteiger partial charge in [-0.05, 0) is 237 Å². The fraction of sp³-hybridized carbons (Fsp3) is 0.510. The Morgan fingerprint density at radius 1 is 0.336 bits per heavy atom. The highest BCUT2D eigenvalue weighted by atomic mass is 35.5. The minimum atomic E-state index is -4.46. The number of aromatic nitrogens is 12. The fourth-order valence-electron chi connectivity index (χ4n) is 21.3. The second kappa shape index (κ2) is 41.8. The molecule has 0 aromatic carbocycles. The molecule has 0 spiro atoms. The van der Waals surface area contributed by atoms with Gasteiger partial charge in [0.15, 0.2) is 0 Å². The smallest absolute Gasteiger partial charge is 0.390 e. The molecule has 8 aliphatic heterocycles. The zero-order valence-corrected chi connectivity index (χ0v) is 80.0. The highest BCUT2D eigenvalue weighted by molar-refractivity contribution is 6.31. The van der Waals surface area contributed by atoms with Gasteiger partial charge in [0, 0.05) is 136 Å². The van der Waals surface area contributed by atoms with Crippen LogP contribution in [0.2, 0.25) is 15.2 Å². The van der Waals surface area contributed by atoms with Crippen molar-refractivity contribution in [1.29, 1.82) is 0 Å². The van der Waals surface area contributed by atoms with Crippen molar-refractivity contribution >= 4 is 80.7 Å². The number of hydrogen-bond donors (Lipinski definition) is 1. The average molecular weight is 1910 g/mol. The van der Waals surface area contributed by atoms with Crippen LogP contribution in [0.3, 0.4) is 0 Å². The molecule has 1 N–H and O–H groups in total. The third-order valence-corrected chi connectivity index (χ3v) is 29.7. The van der Waals surface area contributed by atoms with Gasteiger partial charge in [0.1, 0.15) is 56.7 Å². The predicted molar refractivity (Wildman–Crippen MR) is 511 cm³/mol. The van der Waals surface area contributed by atoms with Crippen molar-refractivity contribution in [2.45, 2.75) is 158 Å². The summed E-state index contributed by atoms with van der Waals surface area (Å²) in [5.74, 6) is 3.81. The van der Waals surface area contributed by atoms with Crippen LogP contribution in [0.4, 0.5) is 54.0 Å². The Bertz CT molecular complexity index is 6000. The van der Waals surface area contributed by atoms with Crippen LogP contribution in [0.5, 0.6) is 0 Å². The lowest BCUT2D eigenvalue weighted by Crippen LogP contribution is -2.45. The highest BCUT2D eigenvalue weighted by Gasteiger charge is 2.45. The number of hydrogen-bond acceptors (Lipinski definition) is 22. The summed E-state index contributed by atoms with van der Waals surface area (Å²) in [7, 11) is 16.4.